The second-order valence-corrected chi connectivity index (χ2v) is 7.39. The van der Waals surface area contributed by atoms with Crippen molar-refractivity contribution in [1.82, 2.24) is 25.4 Å². The van der Waals surface area contributed by atoms with Crippen molar-refractivity contribution >= 4 is 5.96 Å². The minimum atomic E-state index is 0.581. The molecule has 1 aromatic heterocycles. The van der Waals surface area contributed by atoms with E-state index >= 15 is 0 Å². The summed E-state index contributed by atoms with van der Waals surface area (Å²) in [6.07, 6.45) is 4.91. The summed E-state index contributed by atoms with van der Waals surface area (Å²) < 4.78 is 7.22. The number of aliphatic imine (C=N–C) groups is 1. The lowest BCUT2D eigenvalue weighted by Gasteiger charge is -2.18. The SMILES string of the molecule is CCCCC(CC)CNC(=NCc1ccc(OC)cc1)NCc1nnc(C)n1C. The van der Waals surface area contributed by atoms with Gasteiger partial charge in [-0.15, -0.1) is 10.2 Å². The number of unbranched alkanes of at least 4 members (excludes halogenated alkanes) is 1. The molecule has 0 spiro atoms. The molecule has 2 N–H and O–H groups in total. The number of ether oxygens (including phenoxy) is 1. The van der Waals surface area contributed by atoms with Crippen LogP contribution in [-0.4, -0.2) is 34.4 Å². The Kier molecular flexibility index (Phi) is 9.47. The number of methoxy groups -OCH3 is 1. The van der Waals surface area contributed by atoms with Gasteiger partial charge in [-0.2, -0.15) is 0 Å². The maximum atomic E-state index is 5.23. The smallest absolute Gasteiger partial charge is 0.191 e. The third-order valence-corrected chi connectivity index (χ3v) is 5.28. The zero-order valence-corrected chi connectivity index (χ0v) is 18.5. The fourth-order valence-electron chi connectivity index (χ4n) is 3.03. The van der Waals surface area contributed by atoms with E-state index in [4.69, 9.17) is 9.73 Å². The average Bonchev–Trinajstić information content (AvgIpc) is 3.07. The third kappa shape index (κ3) is 7.40. The summed E-state index contributed by atoms with van der Waals surface area (Å²) in [6.45, 7) is 8.55. The van der Waals surface area contributed by atoms with Crippen LogP contribution in [0.25, 0.3) is 0 Å². The van der Waals surface area contributed by atoms with Crippen molar-refractivity contribution < 1.29 is 4.74 Å². The van der Waals surface area contributed by atoms with E-state index in [1.807, 2.05) is 42.8 Å². The van der Waals surface area contributed by atoms with E-state index in [0.29, 0.717) is 19.0 Å². The van der Waals surface area contributed by atoms with Crippen molar-refractivity contribution in [2.45, 2.75) is 59.5 Å². The highest BCUT2D eigenvalue weighted by Crippen LogP contribution is 2.13. The van der Waals surface area contributed by atoms with E-state index in [1.54, 1.807) is 7.11 Å². The van der Waals surface area contributed by atoms with Gasteiger partial charge in [-0.1, -0.05) is 45.2 Å². The number of nitrogens with one attached hydrogen (secondary N) is 2. The van der Waals surface area contributed by atoms with Crippen molar-refractivity contribution in [1.29, 1.82) is 0 Å². The van der Waals surface area contributed by atoms with Crippen LogP contribution < -0.4 is 15.4 Å². The zero-order chi connectivity index (χ0) is 21.1. The van der Waals surface area contributed by atoms with Gasteiger partial charge in [-0.3, -0.25) is 0 Å². The van der Waals surface area contributed by atoms with E-state index in [1.165, 1.54) is 25.7 Å². The van der Waals surface area contributed by atoms with Crippen LogP contribution in [0.2, 0.25) is 0 Å². The Morgan fingerprint density at radius 1 is 1.17 bits per heavy atom. The predicted octanol–water partition coefficient (Wildman–Crippen LogP) is 3.58. The van der Waals surface area contributed by atoms with E-state index in [0.717, 1.165) is 35.5 Å². The summed E-state index contributed by atoms with van der Waals surface area (Å²) >= 11 is 0. The summed E-state index contributed by atoms with van der Waals surface area (Å²) in [5.41, 5.74) is 1.14. The summed E-state index contributed by atoms with van der Waals surface area (Å²) in [6, 6.07) is 8.02. The molecule has 1 heterocycles. The van der Waals surface area contributed by atoms with Gasteiger partial charge in [-0.05, 0) is 37.0 Å². The quantitative estimate of drug-likeness (QED) is 0.445. The Bertz CT molecular complexity index is 753. The molecule has 2 rings (SSSR count). The van der Waals surface area contributed by atoms with Crippen molar-refractivity contribution in [3.8, 4) is 5.75 Å². The minimum Gasteiger partial charge on any atom is -0.497 e. The predicted molar refractivity (Wildman–Crippen MR) is 118 cm³/mol. The van der Waals surface area contributed by atoms with E-state index in [-0.39, 0.29) is 0 Å². The second kappa shape index (κ2) is 12.1. The first-order chi connectivity index (χ1) is 14.1. The molecule has 0 aliphatic rings. The van der Waals surface area contributed by atoms with Crippen LogP contribution in [-0.2, 0) is 20.1 Å². The molecule has 0 bridgehead atoms. The number of nitrogens with zero attached hydrogens (tertiary/aromatic N) is 4. The van der Waals surface area contributed by atoms with Crippen LogP contribution in [0.4, 0.5) is 0 Å². The summed E-state index contributed by atoms with van der Waals surface area (Å²) in [5, 5.41) is 15.3. The first-order valence-corrected chi connectivity index (χ1v) is 10.6. The highest BCUT2D eigenvalue weighted by atomic mass is 16.5. The van der Waals surface area contributed by atoms with E-state index in [2.05, 4.69) is 34.7 Å². The number of aryl methyl sites for hydroxylation is 1. The molecule has 1 atom stereocenters. The van der Waals surface area contributed by atoms with Crippen molar-refractivity contribution in [2.75, 3.05) is 13.7 Å². The van der Waals surface area contributed by atoms with Gasteiger partial charge in [0.05, 0.1) is 20.2 Å². The van der Waals surface area contributed by atoms with Crippen LogP contribution in [0, 0.1) is 12.8 Å². The minimum absolute atomic E-state index is 0.581. The Hall–Kier alpha value is -2.57. The lowest BCUT2D eigenvalue weighted by Crippen LogP contribution is -2.40. The van der Waals surface area contributed by atoms with E-state index < -0.39 is 0 Å². The van der Waals surface area contributed by atoms with Crippen LogP contribution in [0.3, 0.4) is 0 Å². The molecule has 1 unspecified atom stereocenters. The first kappa shape index (κ1) is 22.7. The molecule has 29 heavy (non-hydrogen) atoms. The number of hydrogen-bond acceptors (Lipinski definition) is 4. The molecule has 0 saturated heterocycles. The Labute approximate surface area is 175 Å². The molecule has 7 heteroatoms. The monoisotopic (exact) mass is 400 g/mol. The number of rotatable bonds is 11. The van der Waals surface area contributed by atoms with Gasteiger partial charge in [0.1, 0.15) is 11.6 Å². The number of hydrogen-bond donors (Lipinski definition) is 2. The van der Waals surface area contributed by atoms with Crippen molar-refractivity contribution in [2.24, 2.45) is 18.0 Å². The third-order valence-electron chi connectivity index (χ3n) is 5.28. The summed E-state index contributed by atoms with van der Waals surface area (Å²) in [7, 11) is 3.65. The second-order valence-electron chi connectivity index (χ2n) is 7.39. The fraction of sp³-hybridized carbons (Fsp3) is 0.591. The van der Waals surface area contributed by atoms with Gasteiger partial charge in [0.2, 0.25) is 0 Å². The fourth-order valence-corrected chi connectivity index (χ4v) is 3.03. The largest absolute Gasteiger partial charge is 0.497 e. The molecule has 0 saturated carbocycles. The number of benzene rings is 1. The molecule has 0 aliphatic carbocycles. The maximum absolute atomic E-state index is 5.23. The van der Waals surface area contributed by atoms with Gasteiger partial charge >= 0.3 is 0 Å². The molecule has 7 nitrogen and oxygen atoms in total. The average molecular weight is 401 g/mol. The van der Waals surface area contributed by atoms with Gasteiger partial charge < -0.3 is 19.9 Å². The van der Waals surface area contributed by atoms with E-state index in [9.17, 15) is 0 Å². The van der Waals surface area contributed by atoms with Crippen molar-refractivity contribution in [3.63, 3.8) is 0 Å². The normalized spacial score (nSPS) is 12.7. The summed E-state index contributed by atoms with van der Waals surface area (Å²) in [4.78, 5) is 4.78. The highest BCUT2D eigenvalue weighted by Gasteiger charge is 2.09. The lowest BCUT2D eigenvalue weighted by atomic mass is 9.99. The Balaban J connectivity index is 2.02. The van der Waals surface area contributed by atoms with Crippen LogP contribution in [0.1, 0.15) is 56.7 Å². The molecule has 0 aliphatic heterocycles. The molecule has 0 amide bonds. The zero-order valence-electron chi connectivity index (χ0n) is 18.5. The molecule has 0 fully saturated rings. The van der Waals surface area contributed by atoms with Gasteiger partial charge in [0.15, 0.2) is 11.8 Å². The molecule has 2 aromatic rings. The molecule has 0 radical (unpaired) electrons. The molecular weight excluding hydrogens is 364 g/mol. The first-order valence-electron chi connectivity index (χ1n) is 10.6. The van der Waals surface area contributed by atoms with Gasteiger partial charge in [0.25, 0.3) is 0 Å². The molecular formula is C22H36N6O. The van der Waals surface area contributed by atoms with Crippen LogP contribution in [0.15, 0.2) is 29.3 Å². The Morgan fingerprint density at radius 2 is 1.93 bits per heavy atom. The number of aromatic nitrogens is 3. The van der Waals surface area contributed by atoms with Gasteiger partial charge in [0, 0.05) is 13.6 Å². The molecule has 1 aromatic carbocycles. The highest BCUT2D eigenvalue weighted by molar-refractivity contribution is 5.79. The standard InChI is InChI=1S/C22H36N6O/c1-6-8-9-18(7-2)14-23-22(25-16-21-27-26-17(3)28(21)4)24-15-19-10-12-20(29-5)13-11-19/h10-13,18H,6-9,14-16H2,1-5H3,(H2,23,24,25). The summed E-state index contributed by atoms with van der Waals surface area (Å²) in [5.74, 6) is 4.10. The van der Waals surface area contributed by atoms with Crippen LogP contribution >= 0.6 is 0 Å². The van der Waals surface area contributed by atoms with Crippen molar-refractivity contribution in [3.05, 3.63) is 41.5 Å². The maximum Gasteiger partial charge on any atom is 0.191 e. The molecule has 160 valence electrons. The lowest BCUT2D eigenvalue weighted by molar-refractivity contribution is 0.414. The topological polar surface area (TPSA) is 76.4 Å². The van der Waals surface area contributed by atoms with Crippen LogP contribution in [0.5, 0.6) is 5.75 Å². The number of guanidine groups is 1. The van der Waals surface area contributed by atoms with Gasteiger partial charge in [-0.25, -0.2) is 4.99 Å². The Morgan fingerprint density at radius 3 is 2.52 bits per heavy atom.